The molecule has 0 aliphatic heterocycles. The maximum absolute atomic E-state index is 14.0. The Morgan fingerprint density at radius 1 is 0.500 bits per heavy atom. The van der Waals surface area contributed by atoms with Gasteiger partial charge in [-0.05, 0) is 81.9 Å². The third-order valence-corrected chi connectivity index (χ3v) is 9.00. The first kappa shape index (κ1) is 28.1. The molecule has 1 spiro atoms. The van der Waals surface area contributed by atoms with E-state index in [4.69, 9.17) is 0 Å². The summed E-state index contributed by atoms with van der Waals surface area (Å²) in [5, 5.41) is 0. The van der Waals surface area contributed by atoms with E-state index >= 15 is 0 Å². The summed E-state index contributed by atoms with van der Waals surface area (Å²) < 4.78 is 83.9. The van der Waals surface area contributed by atoms with Gasteiger partial charge in [0.05, 0.1) is 22.2 Å². The number of pyridine rings is 1. The van der Waals surface area contributed by atoms with Crippen LogP contribution in [0.3, 0.4) is 0 Å². The van der Waals surface area contributed by atoms with Crippen LogP contribution < -0.4 is 4.90 Å². The molecule has 0 saturated carbocycles. The number of halogens is 6. The van der Waals surface area contributed by atoms with Crippen LogP contribution in [0, 0.1) is 0 Å². The molecule has 0 N–H and O–H groups in total. The van der Waals surface area contributed by atoms with Gasteiger partial charge >= 0.3 is 12.4 Å². The van der Waals surface area contributed by atoms with E-state index in [-0.39, 0.29) is 11.4 Å². The number of aromatic nitrogens is 1. The fraction of sp³-hybridized carbons (Fsp3) is 0.0789. The van der Waals surface area contributed by atoms with Gasteiger partial charge in [0.2, 0.25) is 0 Å². The average molecular weight is 621 g/mol. The first-order chi connectivity index (χ1) is 22.1. The van der Waals surface area contributed by atoms with Crippen molar-refractivity contribution in [3.63, 3.8) is 0 Å². The van der Waals surface area contributed by atoms with Crippen molar-refractivity contribution in [3.05, 3.63) is 167 Å². The van der Waals surface area contributed by atoms with E-state index in [0.29, 0.717) is 5.69 Å². The molecule has 8 heteroatoms. The summed E-state index contributed by atoms with van der Waals surface area (Å²) in [5.41, 5.74) is 5.50. The SMILES string of the molecule is FC(F)(F)c1cccc(N(c2cccc(C(F)(F)F)c2)c2cccc3c2-c2ccccc2C32c3ccccc3-c3cnccc32)c1. The Morgan fingerprint density at radius 3 is 1.65 bits per heavy atom. The minimum absolute atomic E-state index is 0.0809. The Balaban J connectivity index is 1.47. The molecule has 1 unspecified atom stereocenters. The number of hydrogen-bond donors (Lipinski definition) is 0. The number of hydrogen-bond acceptors (Lipinski definition) is 2. The third-order valence-electron chi connectivity index (χ3n) is 9.00. The van der Waals surface area contributed by atoms with Crippen LogP contribution in [-0.2, 0) is 17.8 Å². The van der Waals surface area contributed by atoms with E-state index in [9.17, 15) is 26.3 Å². The zero-order chi connectivity index (χ0) is 31.8. The number of nitrogens with zero attached hydrogens (tertiary/aromatic N) is 2. The highest BCUT2D eigenvalue weighted by molar-refractivity contribution is 6.00. The van der Waals surface area contributed by atoms with E-state index < -0.39 is 28.9 Å². The molecular formula is C38H22F6N2. The molecule has 46 heavy (non-hydrogen) atoms. The normalized spacial score (nSPS) is 16.1. The Kier molecular flexibility index (Phi) is 6.00. The molecular weight excluding hydrogens is 598 g/mol. The van der Waals surface area contributed by atoms with E-state index in [1.165, 1.54) is 29.2 Å². The number of alkyl halides is 6. The summed E-state index contributed by atoms with van der Waals surface area (Å²) in [4.78, 5) is 5.90. The standard InChI is InChI=1S/C38H22F6N2/c39-37(40,41)23-8-5-10-25(20-23)46(26-11-6-9-24(21-26)38(42,43)44)34-17-7-16-33-35(34)28-13-2-4-15-31(28)36(33)30-14-3-1-12-27(30)29-22-45-19-18-32(29)36/h1-22H. The van der Waals surface area contributed by atoms with Crippen molar-refractivity contribution in [2.45, 2.75) is 17.8 Å². The van der Waals surface area contributed by atoms with E-state index in [1.807, 2.05) is 66.9 Å². The predicted octanol–water partition coefficient (Wildman–Crippen LogP) is 10.9. The topological polar surface area (TPSA) is 16.1 Å². The smallest absolute Gasteiger partial charge is 0.310 e. The van der Waals surface area contributed by atoms with E-state index in [0.717, 1.165) is 68.8 Å². The molecule has 1 aromatic heterocycles. The number of benzene rings is 5. The molecule has 0 radical (unpaired) electrons. The van der Waals surface area contributed by atoms with Crippen LogP contribution in [0.25, 0.3) is 22.3 Å². The monoisotopic (exact) mass is 620 g/mol. The summed E-state index contributed by atoms with van der Waals surface area (Å²) in [7, 11) is 0. The lowest BCUT2D eigenvalue weighted by Gasteiger charge is -2.32. The van der Waals surface area contributed by atoms with Crippen LogP contribution in [0.4, 0.5) is 43.4 Å². The fourth-order valence-corrected chi connectivity index (χ4v) is 7.27. The quantitative estimate of drug-likeness (QED) is 0.183. The zero-order valence-electron chi connectivity index (χ0n) is 23.9. The second kappa shape index (κ2) is 9.81. The highest BCUT2D eigenvalue weighted by Gasteiger charge is 2.52. The predicted molar refractivity (Wildman–Crippen MR) is 165 cm³/mol. The highest BCUT2D eigenvalue weighted by atomic mass is 19.4. The second-order valence-corrected chi connectivity index (χ2v) is 11.4. The molecule has 1 atom stereocenters. The van der Waals surface area contributed by atoms with Crippen molar-refractivity contribution < 1.29 is 26.3 Å². The van der Waals surface area contributed by atoms with Crippen LogP contribution in [0.15, 0.2) is 134 Å². The minimum atomic E-state index is -4.66. The number of fused-ring (bicyclic) bond motifs is 10. The summed E-state index contributed by atoms with van der Waals surface area (Å²) >= 11 is 0. The minimum Gasteiger partial charge on any atom is -0.310 e. The lowest BCUT2D eigenvalue weighted by molar-refractivity contribution is -0.138. The maximum atomic E-state index is 14.0. The van der Waals surface area contributed by atoms with E-state index in [2.05, 4.69) is 11.1 Å². The zero-order valence-corrected chi connectivity index (χ0v) is 23.9. The van der Waals surface area contributed by atoms with Gasteiger partial charge < -0.3 is 4.90 Å². The molecule has 0 fully saturated rings. The fourth-order valence-electron chi connectivity index (χ4n) is 7.27. The van der Waals surface area contributed by atoms with Gasteiger partial charge in [-0.1, -0.05) is 72.8 Å². The van der Waals surface area contributed by atoms with Gasteiger partial charge in [-0.15, -0.1) is 0 Å². The molecule has 226 valence electrons. The Labute approximate surface area is 260 Å². The van der Waals surface area contributed by atoms with Crippen molar-refractivity contribution in [2.24, 2.45) is 0 Å². The summed E-state index contributed by atoms with van der Waals surface area (Å²) in [6, 6.07) is 32.8. The lowest BCUT2D eigenvalue weighted by atomic mass is 9.71. The van der Waals surface area contributed by atoms with Gasteiger partial charge in [0.25, 0.3) is 0 Å². The van der Waals surface area contributed by atoms with Gasteiger partial charge in [0.15, 0.2) is 0 Å². The first-order valence-corrected chi connectivity index (χ1v) is 14.5. The molecule has 0 bridgehead atoms. The molecule has 8 rings (SSSR count). The van der Waals surface area contributed by atoms with Crippen molar-refractivity contribution >= 4 is 17.1 Å². The summed E-state index contributed by atoms with van der Waals surface area (Å²) in [5.74, 6) is 0. The number of rotatable bonds is 3. The molecule has 2 aliphatic rings. The molecule has 0 saturated heterocycles. The lowest BCUT2D eigenvalue weighted by Crippen LogP contribution is -2.26. The molecule has 1 heterocycles. The second-order valence-electron chi connectivity index (χ2n) is 11.4. The van der Waals surface area contributed by atoms with E-state index in [1.54, 1.807) is 12.3 Å². The average Bonchev–Trinajstić information content (AvgIpc) is 3.53. The Hall–Kier alpha value is -5.37. The summed E-state index contributed by atoms with van der Waals surface area (Å²) in [6.07, 6.45) is -5.73. The Morgan fingerprint density at radius 2 is 1.02 bits per heavy atom. The van der Waals surface area contributed by atoms with Crippen molar-refractivity contribution in [1.82, 2.24) is 4.98 Å². The van der Waals surface area contributed by atoms with Crippen molar-refractivity contribution in [2.75, 3.05) is 4.90 Å². The van der Waals surface area contributed by atoms with Gasteiger partial charge in [-0.3, -0.25) is 4.98 Å². The van der Waals surface area contributed by atoms with Crippen molar-refractivity contribution in [3.8, 4) is 22.3 Å². The first-order valence-electron chi connectivity index (χ1n) is 14.5. The molecule has 2 aliphatic carbocycles. The third kappa shape index (κ3) is 3.95. The molecule has 0 amide bonds. The van der Waals surface area contributed by atoms with Crippen LogP contribution in [0.2, 0.25) is 0 Å². The van der Waals surface area contributed by atoms with Crippen LogP contribution >= 0.6 is 0 Å². The Bertz CT molecular complexity index is 2060. The van der Waals surface area contributed by atoms with Gasteiger partial charge in [0.1, 0.15) is 0 Å². The molecule has 2 nitrogen and oxygen atoms in total. The molecule has 5 aromatic carbocycles. The maximum Gasteiger partial charge on any atom is 0.416 e. The van der Waals surface area contributed by atoms with Gasteiger partial charge in [0, 0.05) is 34.9 Å². The largest absolute Gasteiger partial charge is 0.416 e. The van der Waals surface area contributed by atoms with Gasteiger partial charge in [-0.2, -0.15) is 26.3 Å². The van der Waals surface area contributed by atoms with Crippen LogP contribution in [0.1, 0.15) is 33.4 Å². The van der Waals surface area contributed by atoms with Gasteiger partial charge in [-0.25, -0.2) is 0 Å². The number of anilines is 3. The van der Waals surface area contributed by atoms with Crippen LogP contribution in [0.5, 0.6) is 0 Å². The van der Waals surface area contributed by atoms with Crippen LogP contribution in [-0.4, -0.2) is 4.98 Å². The summed E-state index contributed by atoms with van der Waals surface area (Å²) in [6.45, 7) is 0. The van der Waals surface area contributed by atoms with Crippen molar-refractivity contribution in [1.29, 1.82) is 0 Å². The highest BCUT2D eigenvalue weighted by Crippen LogP contribution is 2.64. The molecule has 6 aromatic rings.